The van der Waals surface area contributed by atoms with Gasteiger partial charge in [-0.3, -0.25) is 14.5 Å². The summed E-state index contributed by atoms with van der Waals surface area (Å²) in [5.41, 5.74) is 0.611. The molecule has 1 heterocycles. The Kier molecular flexibility index (Phi) is 6.45. The molecule has 0 unspecified atom stereocenters. The molecule has 1 aromatic carbocycles. The molecular formula is C11H11NO4Rh2. The van der Waals surface area contributed by atoms with Gasteiger partial charge in [0.15, 0.2) is 6.29 Å². The fourth-order valence-electron chi connectivity index (χ4n) is 1.71. The van der Waals surface area contributed by atoms with Gasteiger partial charge in [0, 0.05) is 39.0 Å². The zero-order valence-corrected chi connectivity index (χ0v) is 12.6. The fraction of sp³-hybridized carbons (Fsp3) is 0.273. The summed E-state index contributed by atoms with van der Waals surface area (Å²) in [7, 11) is 0. The van der Waals surface area contributed by atoms with Crippen LogP contribution in [0.15, 0.2) is 24.3 Å². The summed E-state index contributed by atoms with van der Waals surface area (Å²) in [6.45, 7) is 1.41. The molecule has 0 fully saturated rings. The zero-order chi connectivity index (χ0) is 11.9. The minimum absolute atomic E-state index is 0. The van der Waals surface area contributed by atoms with E-state index in [-0.39, 0.29) is 39.0 Å². The normalized spacial score (nSPS) is 15.0. The van der Waals surface area contributed by atoms with Crippen molar-refractivity contribution >= 4 is 11.8 Å². The first kappa shape index (κ1) is 17.5. The van der Waals surface area contributed by atoms with Crippen LogP contribution in [-0.2, 0) is 39.0 Å². The standard InChI is InChI=1S/C11H11NO4.2Rh/c1-6(11(15)16)12-9(13)7-4-2-3-5-8(7)10(12)14;;/h2-6,11,15-16H,1H3;;/t6-;;/m0../s1. The maximum atomic E-state index is 11.8. The summed E-state index contributed by atoms with van der Waals surface area (Å²) >= 11 is 0. The molecular weight excluding hydrogens is 416 g/mol. The topological polar surface area (TPSA) is 77.8 Å². The molecule has 0 aromatic heterocycles. The van der Waals surface area contributed by atoms with E-state index in [1.807, 2.05) is 0 Å². The summed E-state index contributed by atoms with van der Waals surface area (Å²) in [6, 6.07) is 5.46. The zero-order valence-electron chi connectivity index (χ0n) is 9.29. The molecule has 1 aliphatic rings. The third-order valence-electron chi connectivity index (χ3n) is 2.66. The van der Waals surface area contributed by atoms with Crippen molar-refractivity contribution in [1.82, 2.24) is 4.90 Å². The average Bonchev–Trinajstić information content (AvgIpc) is 2.52. The Bertz CT molecular complexity index is 429. The van der Waals surface area contributed by atoms with Gasteiger partial charge in [-0.05, 0) is 19.1 Å². The van der Waals surface area contributed by atoms with Crippen molar-refractivity contribution in [3.05, 3.63) is 35.4 Å². The summed E-state index contributed by atoms with van der Waals surface area (Å²) in [4.78, 5) is 24.5. The van der Waals surface area contributed by atoms with Gasteiger partial charge < -0.3 is 10.2 Å². The van der Waals surface area contributed by atoms with Crippen LogP contribution in [0.25, 0.3) is 0 Å². The number of fused-ring (bicyclic) bond motifs is 1. The number of aliphatic hydroxyl groups is 2. The van der Waals surface area contributed by atoms with Crippen molar-refractivity contribution in [2.75, 3.05) is 0 Å². The molecule has 0 aliphatic carbocycles. The van der Waals surface area contributed by atoms with E-state index in [9.17, 15) is 9.59 Å². The van der Waals surface area contributed by atoms with Gasteiger partial charge in [-0.1, -0.05) is 12.1 Å². The van der Waals surface area contributed by atoms with Crippen LogP contribution in [0.2, 0.25) is 0 Å². The predicted octanol–water partition coefficient (Wildman–Crippen LogP) is -0.0232. The summed E-state index contributed by atoms with van der Waals surface area (Å²) < 4.78 is 0. The van der Waals surface area contributed by atoms with Crippen molar-refractivity contribution in [1.29, 1.82) is 0 Å². The molecule has 1 atom stereocenters. The first-order chi connectivity index (χ1) is 7.54. The molecule has 2 N–H and O–H groups in total. The van der Waals surface area contributed by atoms with E-state index >= 15 is 0 Å². The number of carbonyl (C=O) groups excluding carboxylic acids is 2. The van der Waals surface area contributed by atoms with Crippen LogP contribution < -0.4 is 0 Å². The SMILES string of the molecule is C[C@@H](C(O)O)N1C(=O)c2ccccc2C1=O.[Rh].[Rh]. The molecule has 2 amide bonds. The minimum atomic E-state index is -1.73. The number of imide groups is 1. The van der Waals surface area contributed by atoms with Crippen molar-refractivity contribution in [2.45, 2.75) is 19.3 Å². The van der Waals surface area contributed by atoms with Crippen molar-refractivity contribution in [3.63, 3.8) is 0 Å². The van der Waals surface area contributed by atoms with Gasteiger partial charge in [0.1, 0.15) is 0 Å². The largest absolute Gasteiger partial charge is 0.366 e. The van der Waals surface area contributed by atoms with Gasteiger partial charge in [0.25, 0.3) is 11.8 Å². The number of hydrogen-bond donors (Lipinski definition) is 2. The molecule has 0 saturated carbocycles. The Balaban J connectivity index is 0.00000144. The Morgan fingerprint density at radius 1 is 1.00 bits per heavy atom. The molecule has 1 aliphatic heterocycles. The van der Waals surface area contributed by atoms with Crippen LogP contribution >= 0.6 is 0 Å². The van der Waals surface area contributed by atoms with E-state index in [2.05, 4.69) is 0 Å². The van der Waals surface area contributed by atoms with Crippen LogP contribution in [0, 0.1) is 0 Å². The van der Waals surface area contributed by atoms with Crippen LogP contribution in [0.4, 0.5) is 0 Å². The van der Waals surface area contributed by atoms with Crippen LogP contribution in [0.3, 0.4) is 0 Å². The number of rotatable bonds is 2. The minimum Gasteiger partial charge on any atom is -0.366 e. The Morgan fingerprint density at radius 3 is 1.72 bits per heavy atom. The number of amides is 2. The molecule has 2 radical (unpaired) electrons. The Morgan fingerprint density at radius 2 is 1.39 bits per heavy atom. The van der Waals surface area contributed by atoms with Gasteiger partial charge in [-0.2, -0.15) is 0 Å². The average molecular weight is 427 g/mol. The van der Waals surface area contributed by atoms with E-state index in [0.717, 1.165) is 4.90 Å². The third-order valence-corrected chi connectivity index (χ3v) is 2.66. The van der Waals surface area contributed by atoms with Crippen molar-refractivity contribution in [2.24, 2.45) is 0 Å². The molecule has 0 bridgehead atoms. The van der Waals surface area contributed by atoms with Crippen LogP contribution in [0.5, 0.6) is 0 Å². The van der Waals surface area contributed by atoms with E-state index in [1.54, 1.807) is 24.3 Å². The van der Waals surface area contributed by atoms with Gasteiger partial charge >= 0.3 is 0 Å². The van der Waals surface area contributed by atoms with Gasteiger partial charge in [0.2, 0.25) is 0 Å². The number of hydrogen-bond acceptors (Lipinski definition) is 4. The molecule has 7 heteroatoms. The Hall–Kier alpha value is -0.473. The smallest absolute Gasteiger partial charge is 0.261 e. The molecule has 5 nitrogen and oxygen atoms in total. The fourth-order valence-corrected chi connectivity index (χ4v) is 1.71. The number of nitrogens with zero attached hydrogens (tertiary/aromatic N) is 1. The predicted molar refractivity (Wildman–Crippen MR) is 54.6 cm³/mol. The molecule has 1 aromatic rings. The van der Waals surface area contributed by atoms with Crippen molar-refractivity contribution < 1.29 is 58.8 Å². The number of benzene rings is 1. The maximum absolute atomic E-state index is 11.8. The van der Waals surface area contributed by atoms with E-state index in [1.165, 1.54) is 6.92 Å². The van der Waals surface area contributed by atoms with Crippen LogP contribution in [-0.4, -0.2) is 39.3 Å². The third kappa shape index (κ3) is 2.75. The van der Waals surface area contributed by atoms with Gasteiger partial charge in [-0.25, -0.2) is 0 Å². The van der Waals surface area contributed by atoms with Crippen LogP contribution in [0.1, 0.15) is 27.6 Å². The first-order valence-corrected chi connectivity index (χ1v) is 4.87. The number of aliphatic hydroxyl groups excluding tert-OH is 1. The summed E-state index contributed by atoms with van der Waals surface area (Å²) in [6.07, 6.45) is -1.73. The second-order valence-electron chi connectivity index (χ2n) is 3.68. The van der Waals surface area contributed by atoms with Gasteiger partial charge in [0.05, 0.1) is 17.2 Å². The first-order valence-electron chi connectivity index (χ1n) is 4.87. The summed E-state index contributed by atoms with van der Waals surface area (Å²) in [5.74, 6) is -0.970. The second kappa shape index (κ2) is 6.62. The van der Waals surface area contributed by atoms with Gasteiger partial charge in [-0.15, -0.1) is 0 Å². The molecule has 0 spiro atoms. The quantitative estimate of drug-likeness (QED) is 0.395. The van der Waals surface area contributed by atoms with Crippen molar-refractivity contribution in [3.8, 4) is 0 Å². The molecule has 18 heavy (non-hydrogen) atoms. The second-order valence-corrected chi connectivity index (χ2v) is 3.68. The Labute approximate surface area is 130 Å². The molecule has 0 saturated heterocycles. The molecule has 2 rings (SSSR count). The number of carbonyl (C=O) groups is 2. The van der Waals surface area contributed by atoms with E-state index in [0.29, 0.717) is 11.1 Å². The van der Waals surface area contributed by atoms with E-state index < -0.39 is 24.1 Å². The summed E-state index contributed by atoms with van der Waals surface area (Å²) in [5, 5.41) is 18.0. The van der Waals surface area contributed by atoms with E-state index in [4.69, 9.17) is 10.2 Å². The maximum Gasteiger partial charge on any atom is 0.261 e. The monoisotopic (exact) mass is 427 g/mol. The molecule has 102 valence electrons.